The van der Waals surface area contributed by atoms with Crippen molar-refractivity contribution in [1.29, 1.82) is 0 Å². The Balaban J connectivity index is 1.59. The molecule has 3 heteroatoms. The molecule has 2 saturated carbocycles. The predicted molar refractivity (Wildman–Crippen MR) is 123 cm³/mol. The van der Waals surface area contributed by atoms with E-state index in [1.165, 1.54) is 23.1 Å². The molecule has 0 amide bonds. The molecule has 0 heterocycles. The van der Waals surface area contributed by atoms with Gasteiger partial charge in [-0.1, -0.05) is 36.4 Å². The van der Waals surface area contributed by atoms with Crippen LogP contribution in [0.15, 0.2) is 54.6 Å². The first-order valence-electron chi connectivity index (χ1n) is 11.2. The lowest BCUT2D eigenvalue weighted by Crippen LogP contribution is -2.36. The van der Waals surface area contributed by atoms with Crippen LogP contribution in [-0.2, 0) is 5.41 Å². The summed E-state index contributed by atoms with van der Waals surface area (Å²) in [6.45, 7) is 5.89. The summed E-state index contributed by atoms with van der Waals surface area (Å²) in [6.07, 6.45) is 3.33. The predicted octanol–water partition coefficient (Wildman–Crippen LogP) is 6.23. The van der Waals surface area contributed by atoms with Crippen LogP contribution in [0, 0.1) is 32.6 Å². The van der Waals surface area contributed by atoms with E-state index in [-0.39, 0.29) is 5.41 Å². The summed E-state index contributed by atoms with van der Waals surface area (Å²) in [5, 5.41) is 30.2. The van der Waals surface area contributed by atoms with E-state index in [0.29, 0.717) is 35.0 Å². The second kappa shape index (κ2) is 7.05. The van der Waals surface area contributed by atoms with Crippen LogP contribution in [0.2, 0.25) is 0 Å². The Morgan fingerprint density at radius 2 is 1.19 bits per heavy atom. The maximum Gasteiger partial charge on any atom is 0.118 e. The van der Waals surface area contributed by atoms with Gasteiger partial charge < -0.3 is 15.3 Å². The zero-order chi connectivity index (χ0) is 21.9. The average Bonchev–Trinajstić information content (AvgIpc) is 3.33. The van der Waals surface area contributed by atoms with Crippen molar-refractivity contribution in [3.8, 4) is 17.2 Å². The largest absolute Gasteiger partial charge is 0.508 e. The fraction of sp³-hybridized carbons (Fsp3) is 0.357. The Morgan fingerprint density at radius 1 is 0.677 bits per heavy atom. The van der Waals surface area contributed by atoms with Gasteiger partial charge in [-0.25, -0.2) is 0 Å². The van der Waals surface area contributed by atoms with Crippen LogP contribution in [-0.4, -0.2) is 15.3 Å². The van der Waals surface area contributed by atoms with Gasteiger partial charge in [-0.15, -0.1) is 0 Å². The molecule has 3 atom stereocenters. The maximum absolute atomic E-state index is 10.1. The minimum atomic E-state index is -0.107. The first-order valence-corrected chi connectivity index (χ1v) is 11.2. The number of hydrogen-bond donors (Lipinski definition) is 3. The van der Waals surface area contributed by atoms with E-state index < -0.39 is 0 Å². The van der Waals surface area contributed by atoms with E-state index in [2.05, 4.69) is 36.4 Å². The van der Waals surface area contributed by atoms with Crippen molar-refractivity contribution >= 4 is 0 Å². The van der Waals surface area contributed by atoms with E-state index in [4.69, 9.17) is 0 Å². The summed E-state index contributed by atoms with van der Waals surface area (Å²) in [6, 6.07) is 18.2. The molecule has 0 aromatic heterocycles. The minimum absolute atomic E-state index is 0.107. The normalized spacial score (nSPS) is 23.9. The van der Waals surface area contributed by atoms with E-state index >= 15 is 0 Å². The Labute approximate surface area is 184 Å². The second-order valence-electron chi connectivity index (χ2n) is 9.76. The van der Waals surface area contributed by atoms with Crippen LogP contribution >= 0.6 is 0 Å². The van der Waals surface area contributed by atoms with Crippen LogP contribution in [0.3, 0.4) is 0 Å². The van der Waals surface area contributed by atoms with Crippen LogP contribution in [0.25, 0.3) is 0 Å². The summed E-state index contributed by atoms with van der Waals surface area (Å²) >= 11 is 0. The molecular formula is C28H30O3. The van der Waals surface area contributed by atoms with Gasteiger partial charge in [-0.3, -0.25) is 0 Å². The molecule has 3 unspecified atom stereocenters. The molecule has 3 aromatic rings. The lowest BCUT2D eigenvalue weighted by atomic mass is 9.61. The Morgan fingerprint density at radius 3 is 1.65 bits per heavy atom. The smallest absolute Gasteiger partial charge is 0.118 e. The van der Waals surface area contributed by atoms with Crippen LogP contribution < -0.4 is 0 Å². The molecule has 0 radical (unpaired) electrons. The van der Waals surface area contributed by atoms with Crippen LogP contribution in [0.4, 0.5) is 0 Å². The standard InChI is InChI=1S/C28H30O3/c1-16-10-19(4-7-25(16)29)24-14-23-13-20(24)15-28(23,21-5-8-26(30)17(2)11-21)22-6-9-27(31)18(3)12-22/h4-12,20,23-24,29-31H,13-15H2,1-3H3. The van der Waals surface area contributed by atoms with Crippen molar-refractivity contribution in [2.75, 3.05) is 0 Å². The highest BCUT2D eigenvalue weighted by molar-refractivity contribution is 5.51. The molecule has 0 spiro atoms. The van der Waals surface area contributed by atoms with Gasteiger partial charge in [0.1, 0.15) is 17.2 Å². The summed E-state index contributed by atoms with van der Waals surface area (Å²) in [4.78, 5) is 0. The Bertz CT molecular complexity index is 1110. The molecule has 3 aromatic carbocycles. The van der Waals surface area contributed by atoms with Gasteiger partial charge in [-0.2, -0.15) is 0 Å². The van der Waals surface area contributed by atoms with E-state index in [1.807, 2.05) is 39.0 Å². The molecule has 31 heavy (non-hydrogen) atoms. The summed E-state index contributed by atoms with van der Waals surface area (Å²) < 4.78 is 0. The number of aryl methyl sites for hydroxylation is 3. The summed E-state index contributed by atoms with van der Waals surface area (Å²) in [5.74, 6) is 2.60. The number of benzene rings is 3. The first kappa shape index (κ1) is 20.0. The molecule has 2 aliphatic carbocycles. The molecule has 5 rings (SSSR count). The number of hydrogen-bond acceptors (Lipinski definition) is 3. The number of fused-ring (bicyclic) bond motifs is 2. The Kier molecular flexibility index (Phi) is 4.55. The van der Waals surface area contributed by atoms with Gasteiger partial charge in [0.2, 0.25) is 0 Å². The van der Waals surface area contributed by atoms with Crippen molar-refractivity contribution < 1.29 is 15.3 Å². The molecule has 2 bridgehead atoms. The SMILES string of the molecule is Cc1cc(C2CC3CC2CC3(c2ccc(O)c(C)c2)c2ccc(O)c(C)c2)ccc1O. The fourth-order valence-electron chi connectivity index (χ4n) is 6.39. The number of phenols is 3. The number of aromatic hydroxyl groups is 3. The number of rotatable bonds is 3. The molecule has 3 N–H and O–H groups in total. The molecule has 2 fully saturated rings. The lowest BCUT2D eigenvalue weighted by molar-refractivity contribution is 0.293. The summed E-state index contributed by atoms with van der Waals surface area (Å²) in [7, 11) is 0. The molecule has 3 nitrogen and oxygen atoms in total. The van der Waals surface area contributed by atoms with Crippen molar-refractivity contribution in [2.24, 2.45) is 11.8 Å². The Hall–Kier alpha value is -2.94. The van der Waals surface area contributed by atoms with Gasteiger partial charge in [0.25, 0.3) is 0 Å². The quantitative estimate of drug-likeness (QED) is 0.476. The third-order valence-electron chi connectivity index (χ3n) is 8.05. The molecular weight excluding hydrogens is 384 g/mol. The van der Waals surface area contributed by atoms with Gasteiger partial charge in [0, 0.05) is 5.41 Å². The minimum Gasteiger partial charge on any atom is -0.508 e. The highest BCUT2D eigenvalue weighted by Crippen LogP contribution is 2.64. The van der Waals surface area contributed by atoms with Crippen molar-refractivity contribution in [2.45, 2.75) is 51.4 Å². The maximum atomic E-state index is 10.1. The van der Waals surface area contributed by atoms with Crippen LogP contribution in [0.1, 0.15) is 58.6 Å². The van der Waals surface area contributed by atoms with Crippen molar-refractivity contribution in [1.82, 2.24) is 0 Å². The first-order chi connectivity index (χ1) is 14.8. The molecule has 160 valence electrons. The fourth-order valence-corrected chi connectivity index (χ4v) is 6.39. The van der Waals surface area contributed by atoms with E-state index in [0.717, 1.165) is 29.5 Å². The summed E-state index contributed by atoms with van der Waals surface area (Å²) in [5.41, 5.74) is 6.50. The van der Waals surface area contributed by atoms with Crippen molar-refractivity contribution in [3.05, 3.63) is 88.0 Å². The third-order valence-corrected chi connectivity index (χ3v) is 8.05. The van der Waals surface area contributed by atoms with Gasteiger partial charge >= 0.3 is 0 Å². The lowest BCUT2D eigenvalue weighted by Gasteiger charge is -2.42. The van der Waals surface area contributed by atoms with Crippen LogP contribution in [0.5, 0.6) is 17.2 Å². The zero-order valence-electron chi connectivity index (χ0n) is 18.4. The second-order valence-corrected chi connectivity index (χ2v) is 9.76. The number of phenolic OH excluding ortho intramolecular Hbond substituents is 3. The van der Waals surface area contributed by atoms with E-state index in [9.17, 15) is 15.3 Å². The van der Waals surface area contributed by atoms with Gasteiger partial charge in [-0.05, 0) is 109 Å². The molecule has 2 aliphatic rings. The van der Waals surface area contributed by atoms with Gasteiger partial charge in [0.05, 0.1) is 0 Å². The molecule has 0 aliphatic heterocycles. The zero-order valence-corrected chi connectivity index (χ0v) is 18.4. The van der Waals surface area contributed by atoms with Gasteiger partial charge in [0.15, 0.2) is 0 Å². The monoisotopic (exact) mass is 414 g/mol. The van der Waals surface area contributed by atoms with Crippen molar-refractivity contribution in [3.63, 3.8) is 0 Å². The highest BCUT2D eigenvalue weighted by atomic mass is 16.3. The highest BCUT2D eigenvalue weighted by Gasteiger charge is 2.56. The topological polar surface area (TPSA) is 60.7 Å². The third kappa shape index (κ3) is 3.02. The molecule has 0 saturated heterocycles. The average molecular weight is 415 g/mol. The van der Waals surface area contributed by atoms with E-state index in [1.54, 1.807) is 0 Å².